The molecule has 0 radical (unpaired) electrons. The van der Waals surface area contributed by atoms with Crippen molar-refractivity contribution in [3.63, 3.8) is 0 Å². The van der Waals surface area contributed by atoms with Crippen LogP contribution in [0, 0.1) is 12.3 Å². The van der Waals surface area contributed by atoms with Crippen molar-refractivity contribution in [1.82, 2.24) is 4.90 Å². The number of carbonyl (C=O) groups is 1. The van der Waals surface area contributed by atoms with Crippen LogP contribution in [0.4, 0.5) is 0 Å². The normalized spacial score (nSPS) is 16.8. The predicted octanol–water partition coefficient (Wildman–Crippen LogP) is 3.64. The molecular weight excluding hydrogens is 382 g/mol. The summed E-state index contributed by atoms with van der Waals surface area (Å²) >= 11 is 0. The van der Waals surface area contributed by atoms with Crippen molar-refractivity contribution in [2.45, 2.75) is 31.9 Å². The van der Waals surface area contributed by atoms with E-state index in [1.54, 1.807) is 18.2 Å². The fraction of sp³-hybridized carbons (Fsp3) is 0.375. The lowest BCUT2D eigenvalue weighted by Gasteiger charge is -2.26. The summed E-state index contributed by atoms with van der Waals surface area (Å²) < 4.78 is 22.2. The number of hydrogen-bond donors (Lipinski definition) is 0. The van der Waals surface area contributed by atoms with Crippen LogP contribution in [0.25, 0.3) is 0 Å². The SMILES string of the molecule is C#CCCOc1ccc(CN(CC2CCCO2)C(=O)c2ccc3c(c2)OCO3)cc1. The van der Waals surface area contributed by atoms with Crippen LogP contribution in [-0.2, 0) is 11.3 Å². The molecule has 30 heavy (non-hydrogen) atoms. The number of terminal acetylenes is 1. The minimum absolute atomic E-state index is 0.0573. The van der Waals surface area contributed by atoms with E-state index in [1.165, 1.54) is 0 Å². The molecule has 1 unspecified atom stereocenters. The second-order valence-corrected chi connectivity index (χ2v) is 7.34. The van der Waals surface area contributed by atoms with Crippen molar-refractivity contribution in [2.24, 2.45) is 0 Å². The molecule has 156 valence electrons. The van der Waals surface area contributed by atoms with Crippen LogP contribution >= 0.6 is 0 Å². The van der Waals surface area contributed by atoms with Crippen LogP contribution < -0.4 is 14.2 Å². The summed E-state index contributed by atoms with van der Waals surface area (Å²) in [5.74, 6) is 4.53. The molecule has 0 saturated carbocycles. The third-order valence-electron chi connectivity index (χ3n) is 5.17. The molecule has 2 aromatic carbocycles. The van der Waals surface area contributed by atoms with Crippen molar-refractivity contribution in [2.75, 3.05) is 26.6 Å². The summed E-state index contributed by atoms with van der Waals surface area (Å²) in [7, 11) is 0. The molecule has 2 aromatic rings. The number of ether oxygens (including phenoxy) is 4. The van der Waals surface area contributed by atoms with Crippen molar-refractivity contribution in [3.05, 3.63) is 53.6 Å². The topological polar surface area (TPSA) is 57.2 Å². The number of amides is 1. The monoisotopic (exact) mass is 407 g/mol. The zero-order valence-corrected chi connectivity index (χ0v) is 16.8. The molecule has 0 aliphatic carbocycles. The van der Waals surface area contributed by atoms with Gasteiger partial charge in [0, 0.05) is 31.7 Å². The van der Waals surface area contributed by atoms with Crippen LogP contribution in [0.3, 0.4) is 0 Å². The molecule has 1 atom stereocenters. The first-order valence-electron chi connectivity index (χ1n) is 10.2. The second kappa shape index (κ2) is 9.55. The third-order valence-corrected chi connectivity index (χ3v) is 5.17. The highest BCUT2D eigenvalue weighted by Gasteiger charge is 2.25. The summed E-state index contributed by atoms with van der Waals surface area (Å²) in [4.78, 5) is 15.1. The first-order valence-corrected chi connectivity index (χ1v) is 10.2. The zero-order valence-electron chi connectivity index (χ0n) is 16.8. The first kappa shape index (κ1) is 20.1. The van der Waals surface area contributed by atoms with E-state index in [9.17, 15) is 4.79 Å². The average Bonchev–Trinajstić information content (AvgIpc) is 3.45. The molecule has 0 N–H and O–H groups in total. The number of benzene rings is 2. The Balaban J connectivity index is 1.48. The van der Waals surface area contributed by atoms with Gasteiger partial charge < -0.3 is 23.8 Å². The van der Waals surface area contributed by atoms with Gasteiger partial charge in [0.05, 0.1) is 12.7 Å². The Hall–Kier alpha value is -3.17. The maximum Gasteiger partial charge on any atom is 0.254 e. The smallest absolute Gasteiger partial charge is 0.254 e. The Morgan fingerprint density at radius 1 is 1.17 bits per heavy atom. The Morgan fingerprint density at radius 2 is 2.00 bits per heavy atom. The quantitative estimate of drug-likeness (QED) is 0.494. The molecule has 4 rings (SSSR count). The second-order valence-electron chi connectivity index (χ2n) is 7.34. The van der Waals surface area contributed by atoms with Gasteiger partial charge in [0.25, 0.3) is 5.91 Å². The fourth-order valence-electron chi connectivity index (χ4n) is 3.60. The van der Waals surface area contributed by atoms with E-state index < -0.39 is 0 Å². The highest BCUT2D eigenvalue weighted by atomic mass is 16.7. The Labute approximate surface area is 176 Å². The van der Waals surface area contributed by atoms with Crippen molar-refractivity contribution < 1.29 is 23.7 Å². The van der Waals surface area contributed by atoms with Gasteiger partial charge in [-0.1, -0.05) is 12.1 Å². The van der Waals surface area contributed by atoms with Gasteiger partial charge in [-0.25, -0.2) is 0 Å². The molecule has 1 amide bonds. The molecule has 6 nitrogen and oxygen atoms in total. The molecule has 0 spiro atoms. The summed E-state index contributed by atoms with van der Waals surface area (Å²) in [5, 5.41) is 0. The summed E-state index contributed by atoms with van der Waals surface area (Å²) in [6, 6.07) is 13.1. The van der Waals surface area contributed by atoms with E-state index in [0.717, 1.165) is 30.8 Å². The van der Waals surface area contributed by atoms with Gasteiger partial charge in [-0.15, -0.1) is 12.3 Å². The van der Waals surface area contributed by atoms with Gasteiger partial charge in [-0.3, -0.25) is 4.79 Å². The Bertz CT molecular complexity index is 912. The molecule has 2 heterocycles. The van der Waals surface area contributed by atoms with Crippen molar-refractivity contribution in [1.29, 1.82) is 0 Å². The zero-order chi connectivity index (χ0) is 20.8. The molecule has 1 saturated heterocycles. The van der Waals surface area contributed by atoms with E-state index >= 15 is 0 Å². The average molecular weight is 407 g/mol. The van der Waals surface area contributed by atoms with E-state index in [2.05, 4.69) is 5.92 Å². The number of rotatable bonds is 8. The van der Waals surface area contributed by atoms with Gasteiger partial charge in [0.15, 0.2) is 11.5 Å². The number of nitrogens with zero attached hydrogens (tertiary/aromatic N) is 1. The summed E-state index contributed by atoms with van der Waals surface area (Å²) in [6.07, 6.45) is 7.88. The summed E-state index contributed by atoms with van der Waals surface area (Å²) in [5.41, 5.74) is 1.60. The van der Waals surface area contributed by atoms with Crippen LogP contribution in [-0.4, -0.2) is 43.5 Å². The molecule has 1 fully saturated rings. The lowest BCUT2D eigenvalue weighted by molar-refractivity contribution is 0.0507. The van der Waals surface area contributed by atoms with E-state index in [4.69, 9.17) is 25.4 Å². The minimum Gasteiger partial charge on any atom is -0.493 e. The standard InChI is InChI=1S/C24H25NO5/c1-2-3-12-27-20-9-6-18(7-10-20)15-25(16-21-5-4-13-28-21)24(26)19-8-11-22-23(14-19)30-17-29-22/h1,6-11,14,21H,3-5,12-13,15-17H2. The molecule has 0 aromatic heterocycles. The molecule has 6 heteroatoms. The predicted molar refractivity (Wildman–Crippen MR) is 112 cm³/mol. The fourth-order valence-corrected chi connectivity index (χ4v) is 3.60. The number of fused-ring (bicyclic) bond motifs is 1. The molecular formula is C24H25NO5. The minimum atomic E-state index is -0.0573. The lowest BCUT2D eigenvalue weighted by Crippen LogP contribution is -2.37. The van der Waals surface area contributed by atoms with Gasteiger partial charge >= 0.3 is 0 Å². The molecule has 0 bridgehead atoms. The van der Waals surface area contributed by atoms with E-state index in [-0.39, 0.29) is 18.8 Å². The van der Waals surface area contributed by atoms with Crippen molar-refractivity contribution >= 4 is 5.91 Å². The highest BCUT2D eigenvalue weighted by Crippen LogP contribution is 2.33. The summed E-state index contributed by atoms with van der Waals surface area (Å²) in [6.45, 7) is 2.46. The number of carbonyl (C=O) groups excluding carboxylic acids is 1. The lowest BCUT2D eigenvalue weighted by atomic mass is 10.1. The number of hydrogen-bond acceptors (Lipinski definition) is 5. The van der Waals surface area contributed by atoms with E-state index in [0.29, 0.717) is 43.2 Å². The largest absolute Gasteiger partial charge is 0.493 e. The van der Waals surface area contributed by atoms with Crippen LogP contribution in [0.2, 0.25) is 0 Å². The van der Waals surface area contributed by atoms with Gasteiger partial charge in [0.1, 0.15) is 5.75 Å². The Kier molecular flexibility index (Phi) is 6.41. The maximum atomic E-state index is 13.3. The van der Waals surface area contributed by atoms with Gasteiger partial charge in [0.2, 0.25) is 6.79 Å². The van der Waals surface area contributed by atoms with Crippen molar-refractivity contribution in [3.8, 4) is 29.6 Å². The van der Waals surface area contributed by atoms with Gasteiger partial charge in [-0.05, 0) is 48.7 Å². The van der Waals surface area contributed by atoms with Gasteiger partial charge in [-0.2, -0.15) is 0 Å². The highest BCUT2D eigenvalue weighted by molar-refractivity contribution is 5.95. The Morgan fingerprint density at radius 3 is 2.77 bits per heavy atom. The third kappa shape index (κ3) is 4.87. The first-order chi connectivity index (χ1) is 14.7. The molecule has 2 aliphatic heterocycles. The van der Waals surface area contributed by atoms with Crippen LogP contribution in [0.15, 0.2) is 42.5 Å². The molecule has 2 aliphatic rings. The van der Waals surface area contributed by atoms with Crippen LogP contribution in [0.5, 0.6) is 17.2 Å². The van der Waals surface area contributed by atoms with Crippen LogP contribution in [0.1, 0.15) is 35.2 Å². The van der Waals surface area contributed by atoms with E-state index in [1.807, 2.05) is 29.2 Å². The maximum absolute atomic E-state index is 13.3.